The highest BCUT2D eigenvalue weighted by Gasteiger charge is 2.50. The van der Waals surface area contributed by atoms with E-state index in [1.807, 2.05) is 6.92 Å². The number of oxazole rings is 1. The molecule has 0 bridgehead atoms. The van der Waals surface area contributed by atoms with E-state index in [9.17, 15) is 4.79 Å². The fourth-order valence-corrected chi connectivity index (χ4v) is 8.30. The first-order chi connectivity index (χ1) is 22.8. The van der Waals surface area contributed by atoms with E-state index < -0.39 is 5.91 Å². The number of hydrogen-bond acceptors (Lipinski definition) is 11. The second-order valence-electron chi connectivity index (χ2n) is 12.7. The van der Waals surface area contributed by atoms with Crippen LogP contribution in [-0.2, 0) is 6.42 Å². The molecule has 1 spiro atoms. The third-order valence-electron chi connectivity index (χ3n) is 10.0. The van der Waals surface area contributed by atoms with Gasteiger partial charge >= 0.3 is 0 Å². The van der Waals surface area contributed by atoms with Crippen molar-refractivity contribution < 1.29 is 13.9 Å². The maximum Gasteiger partial charge on any atom is 0.251 e. The number of carbonyl (C=O) groups is 1. The van der Waals surface area contributed by atoms with Gasteiger partial charge in [0, 0.05) is 46.9 Å². The highest BCUT2D eigenvalue weighted by Crippen LogP contribution is 2.51. The molecule has 2 fully saturated rings. The standard InChI is InChI=1S/C34H35N9O3S/c1-19-20(2)47-32-28(19)29(39-25(16-27-36-12-15-45-27)31-41-40-21(3)43(31)32)22-4-6-24(7-5-22)46-26-8-9-34(26)10-13-42(14-11-34)33-37-17-23(18-38-33)30(35)44/h4-7,12,15,17-18,25-26H,8-11,13-14,16H2,1-3H3,(H2,35,44)/t25-,26?/m0/s1. The minimum atomic E-state index is -0.521. The van der Waals surface area contributed by atoms with Gasteiger partial charge in [-0.1, -0.05) is 0 Å². The monoisotopic (exact) mass is 649 g/mol. The van der Waals surface area contributed by atoms with E-state index in [2.05, 4.69) is 72.7 Å². The Hall–Kier alpha value is -4.91. The van der Waals surface area contributed by atoms with Crippen molar-refractivity contribution in [3.63, 3.8) is 0 Å². The molecule has 47 heavy (non-hydrogen) atoms. The van der Waals surface area contributed by atoms with Gasteiger partial charge in [-0.15, -0.1) is 21.5 Å². The fourth-order valence-electron chi connectivity index (χ4n) is 7.09. The van der Waals surface area contributed by atoms with Gasteiger partial charge in [-0.05, 0) is 76.3 Å². The quantitative estimate of drug-likeness (QED) is 0.254. The molecule has 240 valence electrons. The van der Waals surface area contributed by atoms with Gasteiger partial charge in [0.1, 0.15) is 35.0 Å². The number of nitrogens with zero attached hydrogens (tertiary/aromatic N) is 8. The normalized spacial score (nSPS) is 19.8. The Morgan fingerprint density at radius 1 is 1.06 bits per heavy atom. The van der Waals surface area contributed by atoms with Crippen LogP contribution >= 0.6 is 11.3 Å². The molecule has 1 unspecified atom stereocenters. The number of benzene rings is 1. The van der Waals surface area contributed by atoms with E-state index in [4.69, 9.17) is 19.9 Å². The first-order valence-corrected chi connectivity index (χ1v) is 16.7. The Morgan fingerprint density at radius 2 is 1.83 bits per heavy atom. The first-order valence-electron chi connectivity index (χ1n) is 15.9. The summed E-state index contributed by atoms with van der Waals surface area (Å²) in [6, 6.07) is 8.06. The number of ether oxygens (including phenoxy) is 1. The van der Waals surface area contributed by atoms with E-state index in [0.29, 0.717) is 23.8 Å². The van der Waals surface area contributed by atoms with E-state index in [-0.39, 0.29) is 17.6 Å². The number of fused-ring (bicyclic) bond motifs is 3. The molecular weight excluding hydrogens is 615 g/mol. The molecule has 3 aliphatic rings. The number of aryl methyl sites for hydroxylation is 2. The van der Waals surface area contributed by atoms with Crippen LogP contribution in [0.2, 0.25) is 0 Å². The van der Waals surface area contributed by atoms with Gasteiger partial charge in [0.2, 0.25) is 5.95 Å². The SMILES string of the molecule is Cc1sc2c(c1C)C(c1ccc(OC3CCC34CCN(c3ncc(C(N)=O)cn3)CC4)cc1)=N[C@@H](Cc1ncco1)c1nnc(C)n1-2. The fraction of sp³-hybridized carbons (Fsp3) is 0.382. The third-order valence-corrected chi connectivity index (χ3v) is 11.2. The van der Waals surface area contributed by atoms with Gasteiger partial charge in [-0.3, -0.25) is 14.4 Å². The molecule has 5 aromatic rings. The largest absolute Gasteiger partial charge is 0.490 e. The zero-order valence-corrected chi connectivity index (χ0v) is 27.3. The Labute approximate surface area is 275 Å². The van der Waals surface area contributed by atoms with Crippen molar-refractivity contribution in [1.29, 1.82) is 0 Å². The second kappa shape index (κ2) is 11.4. The number of carbonyl (C=O) groups excluding carboxylic acids is 1. The zero-order chi connectivity index (χ0) is 32.3. The number of aliphatic imine (C=N–C) groups is 1. The molecule has 2 N–H and O–H groups in total. The van der Waals surface area contributed by atoms with Crippen LogP contribution in [-0.4, -0.2) is 60.5 Å². The predicted molar refractivity (Wildman–Crippen MR) is 177 cm³/mol. The molecule has 1 aromatic carbocycles. The summed E-state index contributed by atoms with van der Waals surface area (Å²) in [5, 5.41) is 10.1. The van der Waals surface area contributed by atoms with Gasteiger partial charge in [0.15, 0.2) is 11.7 Å². The highest BCUT2D eigenvalue weighted by molar-refractivity contribution is 7.15. The number of rotatable bonds is 7. The molecule has 8 rings (SSSR count). The van der Waals surface area contributed by atoms with E-state index in [1.54, 1.807) is 23.8 Å². The number of nitrogens with two attached hydrogens (primary N) is 1. The summed E-state index contributed by atoms with van der Waals surface area (Å²) in [5.41, 5.74) is 10.1. The maximum atomic E-state index is 11.4. The average Bonchev–Trinajstić information content (AvgIpc) is 3.79. The van der Waals surface area contributed by atoms with Crippen LogP contribution in [0.4, 0.5) is 5.95 Å². The van der Waals surface area contributed by atoms with Gasteiger partial charge in [0.25, 0.3) is 5.91 Å². The molecule has 13 heteroatoms. The van der Waals surface area contributed by atoms with Gasteiger partial charge in [-0.25, -0.2) is 15.0 Å². The van der Waals surface area contributed by atoms with Crippen LogP contribution < -0.4 is 15.4 Å². The van der Waals surface area contributed by atoms with E-state index >= 15 is 0 Å². The molecule has 2 aliphatic heterocycles. The van der Waals surface area contributed by atoms with Gasteiger partial charge < -0.3 is 19.8 Å². The summed E-state index contributed by atoms with van der Waals surface area (Å²) in [4.78, 5) is 33.3. The number of thiophene rings is 1. The van der Waals surface area contributed by atoms with E-state index in [0.717, 1.165) is 78.0 Å². The lowest BCUT2D eigenvalue weighted by molar-refractivity contribution is -0.0622. The van der Waals surface area contributed by atoms with Crippen LogP contribution in [0.25, 0.3) is 5.00 Å². The number of anilines is 1. The summed E-state index contributed by atoms with van der Waals surface area (Å²) in [6.45, 7) is 7.99. The molecule has 6 heterocycles. The Balaban J connectivity index is 1.03. The molecule has 0 radical (unpaired) electrons. The van der Waals surface area contributed by atoms with Gasteiger partial charge in [-0.2, -0.15) is 0 Å². The van der Waals surface area contributed by atoms with Crippen LogP contribution in [0.15, 0.2) is 58.5 Å². The van der Waals surface area contributed by atoms with Gasteiger partial charge in [0.05, 0.1) is 23.9 Å². The van der Waals surface area contributed by atoms with Crippen LogP contribution in [0, 0.1) is 26.2 Å². The molecule has 1 saturated heterocycles. The van der Waals surface area contributed by atoms with Crippen molar-refractivity contribution in [2.24, 2.45) is 16.1 Å². The highest BCUT2D eigenvalue weighted by atomic mass is 32.1. The predicted octanol–water partition coefficient (Wildman–Crippen LogP) is 5.09. The van der Waals surface area contributed by atoms with Crippen molar-refractivity contribution >= 4 is 28.9 Å². The lowest BCUT2D eigenvalue weighted by Gasteiger charge is -2.53. The van der Waals surface area contributed by atoms with Crippen molar-refractivity contribution in [2.75, 3.05) is 18.0 Å². The lowest BCUT2D eigenvalue weighted by Crippen LogP contribution is -2.54. The molecule has 2 atom stereocenters. The van der Waals surface area contributed by atoms with Crippen LogP contribution in [0.5, 0.6) is 5.75 Å². The first kappa shape index (κ1) is 29.5. The summed E-state index contributed by atoms with van der Waals surface area (Å²) in [5.74, 6) is 3.20. The molecule has 12 nitrogen and oxygen atoms in total. The van der Waals surface area contributed by atoms with E-state index in [1.165, 1.54) is 22.8 Å². The van der Waals surface area contributed by atoms with Crippen molar-refractivity contribution in [2.45, 2.75) is 65.0 Å². The number of primary amides is 1. The van der Waals surface area contributed by atoms with Crippen molar-refractivity contribution in [3.05, 3.63) is 93.8 Å². The molecule has 1 aliphatic carbocycles. The average molecular weight is 650 g/mol. The topological polar surface area (TPSA) is 150 Å². The molecule has 4 aromatic heterocycles. The molecule has 1 saturated carbocycles. The third kappa shape index (κ3) is 5.09. The minimum Gasteiger partial charge on any atom is -0.490 e. The lowest BCUT2D eigenvalue weighted by atomic mass is 9.60. The second-order valence-corrected chi connectivity index (χ2v) is 13.9. The minimum absolute atomic E-state index is 0.146. The van der Waals surface area contributed by atoms with Crippen molar-refractivity contribution in [3.8, 4) is 10.8 Å². The Kier molecular flexibility index (Phi) is 7.16. The Morgan fingerprint density at radius 3 is 2.49 bits per heavy atom. The molecule has 1 amide bonds. The summed E-state index contributed by atoms with van der Waals surface area (Å²) in [7, 11) is 0. The Bertz CT molecular complexity index is 1970. The number of aromatic nitrogens is 6. The summed E-state index contributed by atoms with van der Waals surface area (Å²) in [6.07, 6.45) is 11.1. The van der Waals surface area contributed by atoms with Crippen LogP contribution in [0.3, 0.4) is 0 Å². The molecular formula is C34H35N9O3S. The number of amides is 1. The summed E-state index contributed by atoms with van der Waals surface area (Å²) >= 11 is 1.74. The van der Waals surface area contributed by atoms with Crippen LogP contribution in [0.1, 0.15) is 81.2 Å². The smallest absolute Gasteiger partial charge is 0.251 e. The number of piperidine rings is 1. The van der Waals surface area contributed by atoms with Crippen molar-refractivity contribution in [1.82, 2.24) is 29.7 Å². The summed E-state index contributed by atoms with van der Waals surface area (Å²) < 4.78 is 14.4. The zero-order valence-electron chi connectivity index (χ0n) is 26.5. The maximum absolute atomic E-state index is 11.4. The number of hydrogen-bond donors (Lipinski definition) is 1.